The molecule has 0 amide bonds. The van der Waals surface area contributed by atoms with Gasteiger partial charge in [-0.1, -0.05) is 13.8 Å². The van der Waals surface area contributed by atoms with Crippen molar-refractivity contribution in [3.8, 4) is 0 Å². The van der Waals surface area contributed by atoms with Crippen molar-refractivity contribution in [1.29, 1.82) is 0 Å². The molecule has 21 heavy (non-hydrogen) atoms. The lowest BCUT2D eigenvalue weighted by Gasteiger charge is -2.41. The summed E-state index contributed by atoms with van der Waals surface area (Å²) in [5.74, 6) is 0.852. The Morgan fingerprint density at radius 1 is 1.24 bits per heavy atom. The molecule has 5 nitrogen and oxygen atoms in total. The molecule has 0 bridgehead atoms. The molecule has 120 valence electrons. The Labute approximate surface area is 131 Å². The third-order valence-corrected chi connectivity index (χ3v) is 4.92. The van der Waals surface area contributed by atoms with E-state index < -0.39 is 0 Å². The molecule has 0 spiro atoms. The molecule has 0 atom stereocenters. The maximum atomic E-state index is 6.12. The van der Waals surface area contributed by atoms with Gasteiger partial charge in [-0.05, 0) is 38.0 Å². The molecule has 1 aliphatic rings. The zero-order valence-corrected chi connectivity index (χ0v) is 14.4. The number of hydrogen-bond acceptors (Lipinski definition) is 6. The molecule has 1 aromatic rings. The monoisotopic (exact) mass is 313 g/mol. The summed E-state index contributed by atoms with van der Waals surface area (Å²) in [5.41, 5.74) is 0.109. The SMILES string of the molecule is CCOC1(c2nsc(NCCOC)n2)CCC(C)(C)CC1. The lowest BCUT2D eigenvalue weighted by atomic mass is 9.70. The van der Waals surface area contributed by atoms with E-state index in [4.69, 9.17) is 9.47 Å². The van der Waals surface area contributed by atoms with Gasteiger partial charge in [0, 0.05) is 31.8 Å². The molecular formula is C15H27N3O2S. The molecule has 2 rings (SSSR count). The number of methoxy groups -OCH3 is 1. The second-order valence-corrected chi connectivity index (χ2v) is 7.19. The summed E-state index contributed by atoms with van der Waals surface area (Å²) in [4.78, 5) is 4.66. The van der Waals surface area contributed by atoms with Gasteiger partial charge in [-0.2, -0.15) is 4.37 Å². The quantitative estimate of drug-likeness (QED) is 0.782. The second kappa shape index (κ2) is 7.03. The first-order valence-electron chi connectivity index (χ1n) is 7.72. The van der Waals surface area contributed by atoms with E-state index in [1.165, 1.54) is 11.5 Å². The molecule has 0 unspecified atom stereocenters. The first kappa shape index (κ1) is 16.6. The average Bonchev–Trinajstić information content (AvgIpc) is 2.91. The summed E-state index contributed by atoms with van der Waals surface area (Å²) in [6.07, 6.45) is 4.31. The van der Waals surface area contributed by atoms with E-state index >= 15 is 0 Å². The summed E-state index contributed by atoms with van der Waals surface area (Å²) in [5, 5.41) is 4.10. The molecule has 1 N–H and O–H groups in total. The molecule has 1 saturated carbocycles. The minimum Gasteiger partial charge on any atom is -0.383 e. The Hall–Kier alpha value is -0.720. The Morgan fingerprint density at radius 3 is 2.57 bits per heavy atom. The Kier molecular flexibility index (Phi) is 5.57. The number of hydrogen-bond donors (Lipinski definition) is 1. The third-order valence-electron chi connectivity index (χ3n) is 4.25. The minimum absolute atomic E-state index is 0.290. The maximum absolute atomic E-state index is 6.12. The molecule has 0 aliphatic heterocycles. The highest BCUT2D eigenvalue weighted by atomic mass is 32.1. The van der Waals surface area contributed by atoms with Crippen molar-refractivity contribution in [3.63, 3.8) is 0 Å². The molecule has 1 aromatic heterocycles. The minimum atomic E-state index is -0.290. The van der Waals surface area contributed by atoms with E-state index in [0.29, 0.717) is 18.6 Å². The van der Waals surface area contributed by atoms with Crippen LogP contribution in [0.1, 0.15) is 52.3 Å². The predicted octanol–water partition coefficient (Wildman–Crippen LogP) is 3.43. The van der Waals surface area contributed by atoms with E-state index in [-0.39, 0.29) is 5.60 Å². The van der Waals surface area contributed by atoms with Crippen LogP contribution in [0, 0.1) is 5.41 Å². The van der Waals surface area contributed by atoms with Crippen LogP contribution >= 0.6 is 11.5 Å². The van der Waals surface area contributed by atoms with Crippen molar-refractivity contribution in [1.82, 2.24) is 9.36 Å². The first-order chi connectivity index (χ1) is 10.0. The molecule has 1 heterocycles. The Bertz CT molecular complexity index is 438. The smallest absolute Gasteiger partial charge is 0.202 e. The van der Waals surface area contributed by atoms with Crippen LogP contribution in [0.15, 0.2) is 0 Å². The average molecular weight is 313 g/mol. The molecule has 6 heteroatoms. The number of aromatic nitrogens is 2. The van der Waals surface area contributed by atoms with Gasteiger partial charge in [-0.3, -0.25) is 0 Å². The van der Waals surface area contributed by atoms with Crippen LogP contribution in [0.3, 0.4) is 0 Å². The number of anilines is 1. The fraction of sp³-hybridized carbons (Fsp3) is 0.867. The van der Waals surface area contributed by atoms with Gasteiger partial charge >= 0.3 is 0 Å². The zero-order valence-electron chi connectivity index (χ0n) is 13.6. The summed E-state index contributed by atoms with van der Waals surface area (Å²) >= 11 is 1.41. The lowest BCUT2D eigenvalue weighted by molar-refractivity contribution is -0.0940. The van der Waals surface area contributed by atoms with Crippen LogP contribution in [-0.2, 0) is 15.1 Å². The normalized spacial score (nSPS) is 20.4. The fourth-order valence-corrected chi connectivity index (χ4v) is 3.45. The largest absolute Gasteiger partial charge is 0.383 e. The molecular weight excluding hydrogens is 286 g/mol. The van der Waals surface area contributed by atoms with Gasteiger partial charge in [-0.15, -0.1) is 0 Å². The summed E-state index contributed by atoms with van der Waals surface area (Å²) < 4.78 is 15.7. The number of ether oxygens (including phenoxy) is 2. The lowest BCUT2D eigenvalue weighted by Crippen LogP contribution is -2.38. The predicted molar refractivity (Wildman–Crippen MR) is 85.8 cm³/mol. The van der Waals surface area contributed by atoms with Crippen molar-refractivity contribution < 1.29 is 9.47 Å². The number of nitrogens with one attached hydrogen (secondary N) is 1. The van der Waals surface area contributed by atoms with Crippen molar-refractivity contribution in [2.45, 2.75) is 52.1 Å². The topological polar surface area (TPSA) is 56.3 Å². The van der Waals surface area contributed by atoms with Crippen LogP contribution in [-0.4, -0.2) is 36.2 Å². The zero-order chi connectivity index (χ0) is 15.3. The van der Waals surface area contributed by atoms with E-state index in [0.717, 1.165) is 43.2 Å². The van der Waals surface area contributed by atoms with Crippen molar-refractivity contribution in [2.75, 3.05) is 32.2 Å². The molecule has 0 saturated heterocycles. The van der Waals surface area contributed by atoms with E-state index in [1.807, 2.05) is 6.92 Å². The summed E-state index contributed by atoms with van der Waals surface area (Å²) in [7, 11) is 1.70. The number of nitrogens with zero attached hydrogens (tertiary/aromatic N) is 2. The van der Waals surface area contributed by atoms with E-state index in [9.17, 15) is 0 Å². The van der Waals surface area contributed by atoms with Crippen LogP contribution in [0.25, 0.3) is 0 Å². The van der Waals surface area contributed by atoms with Gasteiger partial charge in [0.15, 0.2) is 5.82 Å². The Morgan fingerprint density at radius 2 is 1.95 bits per heavy atom. The summed E-state index contributed by atoms with van der Waals surface area (Å²) in [6.45, 7) is 8.82. The van der Waals surface area contributed by atoms with Crippen LogP contribution < -0.4 is 5.32 Å². The highest BCUT2D eigenvalue weighted by molar-refractivity contribution is 7.09. The van der Waals surface area contributed by atoms with Crippen LogP contribution in [0.2, 0.25) is 0 Å². The van der Waals surface area contributed by atoms with E-state index in [1.54, 1.807) is 7.11 Å². The fourth-order valence-electron chi connectivity index (χ4n) is 2.78. The standard InChI is InChI=1S/C15H27N3O2S/c1-5-20-15(8-6-14(2,3)7-9-15)12-17-13(21-18-12)16-10-11-19-4/h5-11H2,1-4H3,(H,16,17,18). The van der Waals surface area contributed by atoms with Crippen molar-refractivity contribution in [2.24, 2.45) is 5.41 Å². The van der Waals surface area contributed by atoms with Gasteiger partial charge in [-0.25, -0.2) is 4.98 Å². The van der Waals surface area contributed by atoms with Crippen LogP contribution in [0.4, 0.5) is 5.13 Å². The summed E-state index contributed by atoms with van der Waals surface area (Å²) in [6, 6.07) is 0. The van der Waals surface area contributed by atoms with E-state index in [2.05, 4.69) is 28.5 Å². The van der Waals surface area contributed by atoms with Gasteiger partial charge in [0.05, 0.1) is 6.61 Å². The highest BCUT2D eigenvalue weighted by Gasteiger charge is 2.43. The van der Waals surface area contributed by atoms with Gasteiger partial charge in [0.2, 0.25) is 5.13 Å². The first-order valence-corrected chi connectivity index (χ1v) is 8.50. The molecule has 0 radical (unpaired) electrons. The highest BCUT2D eigenvalue weighted by Crippen LogP contribution is 2.46. The Balaban J connectivity index is 2.08. The van der Waals surface area contributed by atoms with Crippen molar-refractivity contribution >= 4 is 16.7 Å². The van der Waals surface area contributed by atoms with Crippen LogP contribution in [0.5, 0.6) is 0 Å². The maximum Gasteiger partial charge on any atom is 0.202 e. The third kappa shape index (κ3) is 4.14. The molecule has 0 aromatic carbocycles. The van der Waals surface area contributed by atoms with Gasteiger partial charge < -0.3 is 14.8 Å². The molecule has 1 fully saturated rings. The van der Waals surface area contributed by atoms with Crippen molar-refractivity contribution in [3.05, 3.63) is 5.82 Å². The number of rotatable bonds is 7. The second-order valence-electron chi connectivity index (χ2n) is 6.43. The van der Waals surface area contributed by atoms with Gasteiger partial charge in [0.25, 0.3) is 0 Å². The molecule has 1 aliphatic carbocycles. The van der Waals surface area contributed by atoms with Gasteiger partial charge in [0.1, 0.15) is 5.60 Å².